The predicted octanol–water partition coefficient (Wildman–Crippen LogP) is 3.45. The van der Waals surface area contributed by atoms with E-state index in [0.717, 1.165) is 31.6 Å². The van der Waals surface area contributed by atoms with Crippen molar-refractivity contribution in [2.45, 2.75) is 51.3 Å². The molecule has 0 aliphatic heterocycles. The molecular weight excluding hydrogens is 266 g/mol. The topological polar surface area (TPSA) is 29.1 Å². The Labute approximate surface area is 125 Å². The minimum atomic E-state index is -0.738. The van der Waals surface area contributed by atoms with Crippen LogP contribution in [0, 0.1) is 5.92 Å². The minimum Gasteiger partial charge on any atom is -0.309 e. The van der Waals surface area contributed by atoms with Crippen molar-refractivity contribution in [3.63, 3.8) is 0 Å². The molecule has 0 bridgehead atoms. The highest BCUT2D eigenvalue weighted by Crippen LogP contribution is 2.33. The molecule has 0 heterocycles. The van der Waals surface area contributed by atoms with Crippen LogP contribution in [-0.2, 0) is 17.2 Å². The van der Waals surface area contributed by atoms with Crippen LogP contribution in [0.5, 0.6) is 0 Å². The quantitative estimate of drug-likeness (QED) is 0.870. The number of hydrogen-bond donors (Lipinski definition) is 1. The largest absolute Gasteiger partial charge is 0.309 e. The van der Waals surface area contributed by atoms with Gasteiger partial charge in [-0.05, 0) is 36.4 Å². The Balaban J connectivity index is 2.19. The normalized spacial score (nSPS) is 24.9. The van der Waals surface area contributed by atoms with Crippen LogP contribution in [0.4, 0.5) is 0 Å². The molecule has 112 valence electrons. The van der Waals surface area contributed by atoms with Crippen molar-refractivity contribution in [3.8, 4) is 0 Å². The maximum Gasteiger partial charge on any atom is 0.0546 e. The fourth-order valence-corrected chi connectivity index (χ4v) is 4.97. The molecule has 2 rings (SSSR count). The minimum absolute atomic E-state index is 0.259. The summed E-state index contributed by atoms with van der Waals surface area (Å²) in [5.74, 6) is 1.39. The Hall–Kier alpha value is -0.670. The van der Waals surface area contributed by atoms with Crippen molar-refractivity contribution in [1.29, 1.82) is 0 Å². The highest BCUT2D eigenvalue weighted by atomic mass is 32.2. The number of benzene rings is 1. The van der Waals surface area contributed by atoms with E-state index >= 15 is 0 Å². The summed E-state index contributed by atoms with van der Waals surface area (Å²) in [6.07, 6.45) is 3.22. The molecule has 0 saturated carbocycles. The van der Waals surface area contributed by atoms with Crippen LogP contribution in [0.1, 0.15) is 50.8 Å². The van der Waals surface area contributed by atoms with E-state index in [1.165, 1.54) is 11.1 Å². The fourth-order valence-electron chi connectivity index (χ4n) is 3.00. The second-order valence-electron chi connectivity index (χ2n) is 5.87. The van der Waals surface area contributed by atoms with E-state index in [1.807, 2.05) is 0 Å². The summed E-state index contributed by atoms with van der Waals surface area (Å²) in [6.45, 7) is 7.44. The number of nitrogens with one attached hydrogen (secondary N) is 1. The molecule has 0 aromatic heterocycles. The lowest BCUT2D eigenvalue weighted by Crippen LogP contribution is -2.39. The van der Waals surface area contributed by atoms with Gasteiger partial charge in [-0.25, -0.2) is 0 Å². The standard InChI is InChI=1S/C17H27NOS/c1-4-13(3)12-20(19)16-11-10-14-8-6-7-9-15(14)17(16)18-5-2/h6-9,13,16-18H,4-5,10-12H2,1-3H3. The first-order valence-corrected chi connectivity index (χ1v) is 9.23. The van der Waals surface area contributed by atoms with Crippen LogP contribution in [0.2, 0.25) is 0 Å². The molecule has 1 aromatic carbocycles. The van der Waals surface area contributed by atoms with Gasteiger partial charge in [-0.15, -0.1) is 0 Å². The summed E-state index contributed by atoms with van der Waals surface area (Å²) in [7, 11) is -0.738. The molecular formula is C17H27NOS. The third-order valence-electron chi connectivity index (χ3n) is 4.37. The molecule has 0 spiro atoms. The molecule has 0 saturated heterocycles. The van der Waals surface area contributed by atoms with Crippen molar-refractivity contribution < 1.29 is 4.21 Å². The van der Waals surface area contributed by atoms with Crippen LogP contribution in [-0.4, -0.2) is 21.8 Å². The monoisotopic (exact) mass is 293 g/mol. The Morgan fingerprint density at radius 3 is 2.80 bits per heavy atom. The molecule has 1 N–H and O–H groups in total. The second-order valence-corrected chi connectivity index (χ2v) is 7.57. The highest BCUT2D eigenvalue weighted by molar-refractivity contribution is 7.85. The zero-order valence-electron chi connectivity index (χ0n) is 12.9. The molecule has 0 amide bonds. The van der Waals surface area contributed by atoms with Crippen molar-refractivity contribution in [2.24, 2.45) is 5.92 Å². The summed E-state index contributed by atoms with van der Waals surface area (Å²) >= 11 is 0. The Kier molecular flexibility index (Phi) is 5.79. The van der Waals surface area contributed by atoms with Crippen LogP contribution >= 0.6 is 0 Å². The molecule has 1 aliphatic carbocycles. The first kappa shape index (κ1) is 15.7. The first-order chi connectivity index (χ1) is 9.67. The lowest BCUT2D eigenvalue weighted by atomic mass is 9.87. The maximum absolute atomic E-state index is 12.7. The molecule has 20 heavy (non-hydrogen) atoms. The van der Waals surface area contributed by atoms with E-state index in [4.69, 9.17) is 0 Å². The van der Waals surface area contributed by atoms with Gasteiger partial charge in [0.05, 0.1) is 5.25 Å². The van der Waals surface area contributed by atoms with Gasteiger partial charge in [0.1, 0.15) is 0 Å². The predicted molar refractivity (Wildman–Crippen MR) is 87.4 cm³/mol. The van der Waals surface area contributed by atoms with Gasteiger partial charge in [-0.1, -0.05) is 51.5 Å². The van der Waals surface area contributed by atoms with Crippen molar-refractivity contribution >= 4 is 10.8 Å². The zero-order valence-corrected chi connectivity index (χ0v) is 13.7. The smallest absolute Gasteiger partial charge is 0.0546 e. The lowest BCUT2D eigenvalue weighted by Gasteiger charge is -2.34. The molecule has 1 aliphatic rings. The Bertz CT molecular complexity index is 460. The summed E-state index contributed by atoms with van der Waals surface area (Å²) in [5.41, 5.74) is 2.79. The van der Waals surface area contributed by atoms with Crippen LogP contribution in [0.15, 0.2) is 24.3 Å². The summed E-state index contributed by atoms with van der Waals surface area (Å²) in [5, 5.41) is 3.83. The number of hydrogen-bond acceptors (Lipinski definition) is 2. The van der Waals surface area contributed by atoms with Crippen molar-refractivity contribution in [1.82, 2.24) is 5.32 Å². The molecule has 1 aromatic rings. The summed E-state index contributed by atoms with van der Waals surface area (Å²) in [4.78, 5) is 0. The second kappa shape index (κ2) is 7.37. The number of fused-ring (bicyclic) bond motifs is 1. The van der Waals surface area contributed by atoms with E-state index in [1.54, 1.807) is 0 Å². The van der Waals surface area contributed by atoms with Gasteiger partial charge in [-0.3, -0.25) is 4.21 Å². The summed E-state index contributed by atoms with van der Waals surface area (Å²) in [6, 6.07) is 8.89. The SMILES string of the molecule is CCNC1c2ccccc2CCC1S(=O)CC(C)CC. The molecule has 3 heteroatoms. The highest BCUT2D eigenvalue weighted by Gasteiger charge is 2.33. The first-order valence-electron chi connectivity index (χ1n) is 7.85. The zero-order chi connectivity index (χ0) is 14.5. The average Bonchev–Trinajstić information content (AvgIpc) is 2.47. The Morgan fingerprint density at radius 2 is 2.10 bits per heavy atom. The lowest BCUT2D eigenvalue weighted by molar-refractivity contribution is 0.471. The number of rotatable bonds is 6. The van der Waals surface area contributed by atoms with Gasteiger partial charge < -0.3 is 5.32 Å². The Morgan fingerprint density at radius 1 is 1.35 bits per heavy atom. The average molecular weight is 293 g/mol. The molecule has 4 atom stereocenters. The van der Waals surface area contributed by atoms with Crippen LogP contribution < -0.4 is 5.32 Å². The molecule has 0 fully saturated rings. The molecule has 0 radical (unpaired) electrons. The van der Waals surface area contributed by atoms with Gasteiger partial charge in [0.2, 0.25) is 0 Å². The van der Waals surface area contributed by atoms with Crippen LogP contribution in [0.25, 0.3) is 0 Å². The van der Waals surface area contributed by atoms with Crippen LogP contribution in [0.3, 0.4) is 0 Å². The van der Waals surface area contributed by atoms with Gasteiger partial charge in [0, 0.05) is 22.6 Å². The van der Waals surface area contributed by atoms with E-state index in [9.17, 15) is 4.21 Å². The molecule has 2 nitrogen and oxygen atoms in total. The third-order valence-corrected chi connectivity index (χ3v) is 6.45. The van der Waals surface area contributed by atoms with E-state index in [0.29, 0.717) is 5.92 Å². The third kappa shape index (κ3) is 3.50. The van der Waals surface area contributed by atoms with Gasteiger partial charge in [0.15, 0.2) is 0 Å². The molecule has 4 unspecified atom stereocenters. The number of aryl methyl sites for hydroxylation is 1. The van der Waals surface area contributed by atoms with E-state index < -0.39 is 10.8 Å². The fraction of sp³-hybridized carbons (Fsp3) is 0.647. The van der Waals surface area contributed by atoms with Crippen molar-refractivity contribution in [3.05, 3.63) is 35.4 Å². The van der Waals surface area contributed by atoms with Crippen molar-refractivity contribution in [2.75, 3.05) is 12.3 Å². The maximum atomic E-state index is 12.7. The van der Waals surface area contributed by atoms with Gasteiger partial charge >= 0.3 is 0 Å². The van der Waals surface area contributed by atoms with E-state index in [-0.39, 0.29) is 11.3 Å². The van der Waals surface area contributed by atoms with Gasteiger partial charge in [-0.2, -0.15) is 0 Å². The van der Waals surface area contributed by atoms with E-state index in [2.05, 4.69) is 50.4 Å². The van der Waals surface area contributed by atoms with Gasteiger partial charge in [0.25, 0.3) is 0 Å². The summed E-state index contributed by atoms with van der Waals surface area (Å²) < 4.78 is 12.7.